The van der Waals surface area contributed by atoms with Gasteiger partial charge in [0.05, 0.1) is 6.33 Å². The van der Waals surface area contributed by atoms with E-state index in [9.17, 15) is 9.59 Å². The zero-order valence-corrected chi connectivity index (χ0v) is 8.39. The molecule has 16 heavy (non-hydrogen) atoms. The van der Waals surface area contributed by atoms with E-state index >= 15 is 0 Å². The third kappa shape index (κ3) is 1.60. The number of H-pyrrole nitrogens is 1. The van der Waals surface area contributed by atoms with Crippen molar-refractivity contribution >= 4 is 23.1 Å². The van der Waals surface area contributed by atoms with Gasteiger partial charge in [0.1, 0.15) is 6.54 Å². The van der Waals surface area contributed by atoms with Gasteiger partial charge in [0.15, 0.2) is 11.2 Å². The first-order chi connectivity index (χ1) is 7.61. The quantitative estimate of drug-likeness (QED) is 0.630. The molecule has 0 spiro atoms. The minimum Gasteiger partial charge on any atom is -0.480 e. The van der Waals surface area contributed by atoms with Crippen LogP contribution >= 0.6 is 0 Å². The van der Waals surface area contributed by atoms with Crippen molar-refractivity contribution in [2.75, 3.05) is 12.4 Å². The van der Waals surface area contributed by atoms with Crippen molar-refractivity contribution < 1.29 is 9.90 Å². The molecule has 8 heteroatoms. The zero-order valence-electron chi connectivity index (χ0n) is 8.39. The number of fused-ring (bicyclic) bond motifs is 1. The summed E-state index contributed by atoms with van der Waals surface area (Å²) in [6, 6.07) is 0. The van der Waals surface area contributed by atoms with Crippen LogP contribution in [0.2, 0.25) is 0 Å². The van der Waals surface area contributed by atoms with Crippen molar-refractivity contribution in [3.63, 3.8) is 0 Å². The lowest BCUT2D eigenvalue weighted by Crippen LogP contribution is -2.14. The normalized spacial score (nSPS) is 10.6. The van der Waals surface area contributed by atoms with Gasteiger partial charge >= 0.3 is 5.97 Å². The Morgan fingerprint density at radius 1 is 1.69 bits per heavy atom. The van der Waals surface area contributed by atoms with E-state index in [-0.39, 0.29) is 23.7 Å². The Morgan fingerprint density at radius 2 is 2.44 bits per heavy atom. The predicted octanol–water partition coefficient (Wildman–Crippen LogP) is -0.754. The third-order valence-corrected chi connectivity index (χ3v) is 2.02. The first-order valence-corrected chi connectivity index (χ1v) is 4.46. The molecule has 84 valence electrons. The van der Waals surface area contributed by atoms with E-state index in [1.165, 1.54) is 10.9 Å². The molecule has 3 N–H and O–H groups in total. The summed E-state index contributed by atoms with van der Waals surface area (Å²) < 4.78 is 1.30. The topological polar surface area (TPSA) is 113 Å². The van der Waals surface area contributed by atoms with Crippen molar-refractivity contribution in [3.8, 4) is 0 Å². The Labute approximate surface area is 89.0 Å². The van der Waals surface area contributed by atoms with E-state index in [0.29, 0.717) is 0 Å². The van der Waals surface area contributed by atoms with Crippen LogP contribution in [0.1, 0.15) is 0 Å². The van der Waals surface area contributed by atoms with E-state index in [2.05, 4.69) is 20.3 Å². The Balaban J connectivity index is 2.65. The second-order valence-electron chi connectivity index (χ2n) is 3.10. The molecule has 0 radical (unpaired) electrons. The number of anilines is 1. The van der Waals surface area contributed by atoms with Gasteiger partial charge in [0.2, 0.25) is 5.95 Å². The van der Waals surface area contributed by atoms with Crippen LogP contribution in [0.4, 0.5) is 5.95 Å². The first-order valence-electron chi connectivity index (χ1n) is 4.46. The van der Waals surface area contributed by atoms with Gasteiger partial charge in [-0.15, -0.1) is 0 Å². The number of aromatic nitrogens is 4. The Morgan fingerprint density at radius 3 is 3.06 bits per heavy atom. The second-order valence-corrected chi connectivity index (χ2v) is 3.10. The molecule has 0 saturated heterocycles. The summed E-state index contributed by atoms with van der Waals surface area (Å²) in [5.41, 5.74) is -0.0331. The van der Waals surface area contributed by atoms with Gasteiger partial charge in [-0.2, -0.15) is 4.98 Å². The molecule has 0 amide bonds. The molecule has 0 aliphatic rings. The highest BCUT2D eigenvalue weighted by molar-refractivity contribution is 5.74. The Bertz CT molecular complexity index is 599. The van der Waals surface area contributed by atoms with Crippen molar-refractivity contribution in [1.82, 2.24) is 19.5 Å². The lowest BCUT2D eigenvalue weighted by Gasteiger charge is -2.01. The number of aliphatic carboxylic acids is 1. The Kier molecular flexibility index (Phi) is 2.31. The summed E-state index contributed by atoms with van der Waals surface area (Å²) in [6.07, 6.45) is 1.28. The van der Waals surface area contributed by atoms with Crippen LogP contribution < -0.4 is 10.9 Å². The smallest absolute Gasteiger partial charge is 0.323 e. The number of imidazole rings is 1. The molecular formula is C8H9N5O3. The maximum absolute atomic E-state index is 11.5. The molecule has 8 nitrogen and oxygen atoms in total. The van der Waals surface area contributed by atoms with Crippen LogP contribution in [0.15, 0.2) is 11.1 Å². The van der Waals surface area contributed by atoms with E-state index < -0.39 is 11.5 Å². The molecule has 0 saturated carbocycles. The van der Waals surface area contributed by atoms with Crippen LogP contribution in [0.3, 0.4) is 0 Å². The maximum Gasteiger partial charge on any atom is 0.323 e. The van der Waals surface area contributed by atoms with Gasteiger partial charge in [0, 0.05) is 7.05 Å². The fourth-order valence-corrected chi connectivity index (χ4v) is 1.33. The molecule has 0 aliphatic carbocycles. The molecule has 2 rings (SSSR count). The predicted molar refractivity (Wildman–Crippen MR) is 55.3 cm³/mol. The molecule has 2 aromatic heterocycles. The number of hydrogen-bond acceptors (Lipinski definition) is 5. The van der Waals surface area contributed by atoms with Gasteiger partial charge in [-0.05, 0) is 0 Å². The molecule has 0 fully saturated rings. The number of hydrogen-bond donors (Lipinski definition) is 3. The molecule has 0 unspecified atom stereocenters. The number of carboxylic acids is 1. The first kappa shape index (κ1) is 10.1. The van der Waals surface area contributed by atoms with Crippen LogP contribution in [0.25, 0.3) is 11.2 Å². The SMILES string of the molecule is CNc1nc2c(ncn2CC(=O)O)c(=O)[nH]1. The summed E-state index contributed by atoms with van der Waals surface area (Å²) in [7, 11) is 1.60. The number of nitrogens with one attached hydrogen (secondary N) is 2. The molecule has 0 aromatic carbocycles. The largest absolute Gasteiger partial charge is 0.480 e. The summed E-state index contributed by atoms with van der Waals surface area (Å²) in [5.74, 6) is -0.753. The average molecular weight is 223 g/mol. The van der Waals surface area contributed by atoms with E-state index in [1.807, 2.05) is 0 Å². The minimum atomic E-state index is -1.02. The molecule has 2 aromatic rings. The van der Waals surface area contributed by atoms with Gasteiger partial charge in [-0.25, -0.2) is 4.98 Å². The van der Waals surface area contributed by atoms with Crippen LogP contribution in [0.5, 0.6) is 0 Å². The number of aromatic amines is 1. The monoisotopic (exact) mass is 223 g/mol. The summed E-state index contributed by atoms with van der Waals surface area (Å²) in [5, 5.41) is 11.3. The van der Waals surface area contributed by atoms with Crippen molar-refractivity contribution in [1.29, 1.82) is 0 Å². The van der Waals surface area contributed by atoms with Crippen LogP contribution in [-0.2, 0) is 11.3 Å². The minimum absolute atomic E-state index is 0.125. The highest BCUT2D eigenvalue weighted by Crippen LogP contribution is 2.06. The van der Waals surface area contributed by atoms with E-state index in [0.717, 1.165) is 0 Å². The maximum atomic E-state index is 11.5. The number of nitrogens with zero attached hydrogens (tertiary/aromatic N) is 3. The highest BCUT2D eigenvalue weighted by atomic mass is 16.4. The second kappa shape index (κ2) is 3.65. The number of carboxylic acid groups (broad SMARTS) is 1. The van der Waals surface area contributed by atoms with Gasteiger partial charge in [-0.3, -0.25) is 14.6 Å². The van der Waals surface area contributed by atoms with Gasteiger partial charge in [0.25, 0.3) is 5.56 Å². The summed E-state index contributed by atoms with van der Waals surface area (Å²) >= 11 is 0. The standard InChI is InChI=1S/C8H9N5O3/c1-9-8-11-6-5(7(16)12-8)10-3-13(6)2-4(14)15/h3H,2H2,1H3,(H,14,15)(H2,9,11,12,16). The molecule has 2 heterocycles. The van der Waals surface area contributed by atoms with Crippen molar-refractivity contribution in [2.45, 2.75) is 6.54 Å². The summed E-state index contributed by atoms with van der Waals surface area (Å²) in [6.45, 7) is -0.282. The van der Waals surface area contributed by atoms with Gasteiger partial charge in [-0.1, -0.05) is 0 Å². The highest BCUT2D eigenvalue weighted by Gasteiger charge is 2.11. The fourth-order valence-electron chi connectivity index (χ4n) is 1.33. The molecule has 0 aliphatic heterocycles. The number of rotatable bonds is 3. The van der Waals surface area contributed by atoms with Crippen molar-refractivity contribution in [3.05, 3.63) is 16.7 Å². The van der Waals surface area contributed by atoms with Crippen LogP contribution in [-0.4, -0.2) is 37.6 Å². The van der Waals surface area contributed by atoms with Crippen molar-refractivity contribution in [2.24, 2.45) is 0 Å². The molecular weight excluding hydrogens is 214 g/mol. The molecule has 0 atom stereocenters. The van der Waals surface area contributed by atoms with E-state index in [1.54, 1.807) is 7.05 Å². The summed E-state index contributed by atoms with van der Waals surface area (Å²) in [4.78, 5) is 32.4. The van der Waals surface area contributed by atoms with E-state index in [4.69, 9.17) is 5.11 Å². The van der Waals surface area contributed by atoms with Gasteiger partial charge < -0.3 is 15.0 Å². The third-order valence-electron chi connectivity index (χ3n) is 2.02. The fraction of sp³-hybridized carbons (Fsp3) is 0.250. The number of carbonyl (C=O) groups is 1. The molecule has 0 bridgehead atoms. The van der Waals surface area contributed by atoms with Crippen LogP contribution in [0, 0.1) is 0 Å². The Hall–Kier alpha value is -2.38. The lowest BCUT2D eigenvalue weighted by atomic mass is 10.5. The lowest BCUT2D eigenvalue weighted by molar-refractivity contribution is -0.137. The average Bonchev–Trinajstić information content (AvgIpc) is 2.61. The zero-order chi connectivity index (χ0) is 11.7.